The molecule has 1 amide bonds. The minimum absolute atomic E-state index is 0.0309. The number of aryl methyl sites for hydroxylation is 2. The highest BCUT2D eigenvalue weighted by molar-refractivity contribution is 5.90. The van der Waals surface area contributed by atoms with E-state index in [1.54, 1.807) is 4.52 Å². The van der Waals surface area contributed by atoms with Crippen LogP contribution < -0.4 is 5.32 Å². The molecule has 0 aliphatic carbocycles. The summed E-state index contributed by atoms with van der Waals surface area (Å²) >= 11 is 0. The number of aromatic nitrogens is 4. The number of nitrogens with one attached hydrogen (secondary N) is 1. The number of nitrogens with zero attached hydrogens (tertiary/aromatic N) is 4. The Hall–Kier alpha value is -3.54. The lowest BCUT2D eigenvalue weighted by Gasteiger charge is -2.07. The number of fused-ring (bicyclic) bond motifs is 1. The van der Waals surface area contributed by atoms with Crippen LogP contribution >= 0.6 is 0 Å². The number of amides is 1. The van der Waals surface area contributed by atoms with Crippen LogP contribution in [0.5, 0.6) is 0 Å². The third-order valence-electron chi connectivity index (χ3n) is 4.60. The average Bonchev–Trinajstić information content (AvgIpc) is 3.10. The van der Waals surface area contributed by atoms with Crippen LogP contribution in [0.2, 0.25) is 0 Å². The van der Waals surface area contributed by atoms with Gasteiger partial charge in [-0.25, -0.2) is 0 Å². The van der Waals surface area contributed by atoms with Crippen molar-refractivity contribution in [3.63, 3.8) is 0 Å². The van der Waals surface area contributed by atoms with Gasteiger partial charge in [0.1, 0.15) is 0 Å². The van der Waals surface area contributed by atoms with Crippen LogP contribution in [0.25, 0.3) is 16.9 Å². The zero-order chi connectivity index (χ0) is 19.3. The van der Waals surface area contributed by atoms with E-state index in [0.717, 1.165) is 41.3 Å². The van der Waals surface area contributed by atoms with Gasteiger partial charge in [-0.1, -0.05) is 42.5 Å². The lowest BCUT2D eigenvalue weighted by atomic mass is 10.1. The molecule has 0 fully saturated rings. The first-order chi connectivity index (χ1) is 13.7. The maximum Gasteiger partial charge on any atom is 0.224 e. The Kier molecular flexibility index (Phi) is 5.10. The molecule has 0 unspecified atom stereocenters. The first kappa shape index (κ1) is 17.9. The third kappa shape index (κ3) is 4.06. The van der Waals surface area contributed by atoms with Crippen LogP contribution in [-0.2, 0) is 11.2 Å². The van der Waals surface area contributed by atoms with E-state index in [2.05, 4.69) is 32.7 Å². The number of anilines is 1. The lowest BCUT2D eigenvalue weighted by molar-refractivity contribution is -0.116. The first-order valence-corrected chi connectivity index (χ1v) is 9.32. The lowest BCUT2D eigenvalue weighted by Crippen LogP contribution is -2.11. The standard InChI is InChI=1S/C22H21N5O/c1-16-24-25-21-15-14-20(26-27(16)21)18-10-12-19(13-11-18)23-22(28)9-5-8-17-6-3-2-4-7-17/h2-4,6-7,10-15H,5,8-9H2,1H3,(H,23,28). The summed E-state index contributed by atoms with van der Waals surface area (Å²) in [6.07, 6.45) is 2.24. The van der Waals surface area contributed by atoms with Gasteiger partial charge < -0.3 is 5.32 Å². The van der Waals surface area contributed by atoms with Crippen molar-refractivity contribution in [2.75, 3.05) is 5.32 Å². The minimum Gasteiger partial charge on any atom is -0.326 e. The van der Waals surface area contributed by atoms with Crippen LogP contribution in [0, 0.1) is 6.92 Å². The first-order valence-electron chi connectivity index (χ1n) is 9.32. The van der Waals surface area contributed by atoms with E-state index in [9.17, 15) is 4.79 Å². The van der Waals surface area contributed by atoms with Crippen molar-refractivity contribution in [3.05, 3.63) is 78.1 Å². The van der Waals surface area contributed by atoms with Crippen LogP contribution in [0.4, 0.5) is 5.69 Å². The summed E-state index contributed by atoms with van der Waals surface area (Å²) in [4.78, 5) is 12.2. The topological polar surface area (TPSA) is 72.2 Å². The summed E-state index contributed by atoms with van der Waals surface area (Å²) in [6, 6.07) is 21.7. The molecule has 140 valence electrons. The Labute approximate surface area is 163 Å². The molecule has 2 heterocycles. The number of benzene rings is 2. The van der Waals surface area contributed by atoms with Gasteiger partial charge in [-0.2, -0.15) is 9.61 Å². The number of carbonyl (C=O) groups excluding carboxylic acids is 1. The highest BCUT2D eigenvalue weighted by atomic mass is 16.1. The molecule has 0 saturated heterocycles. The molecule has 2 aromatic heterocycles. The maximum atomic E-state index is 12.2. The largest absolute Gasteiger partial charge is 0.326 e. The number of rotatable bonds is 6. The molecule has 6 nitrogen and oxygen atoms in total. The van der Waals surface area contributed by atoms with Gasteiger partial charge in [-0.15, -0.1) is 10.2 Å². The van der Waals surface area contributed by atoms with Crippen molar-refractivity contribution in [1.82, 2.24) is 19.8 Å². The predicted octanol–water partition coefficient (Wildman–Crippen LogP) is 4.06. The van der Waals surface area contributed by atoms with Crippen LogP contribution in [-0.4, -0.2) is 25.7 Å². The number of hydrogen-bond donors (Lipinski definition) is 1. The van der Waals surface area contributed by atoms with E-state index in [1.807, 2.05) is 61.5 Å². The Balaban J connectivity index is 1.36. The molecule has 0 bridgehead atoms. The van der Waals surface area contributed by atoms with E-state index in [4.69, 9.17) is 0 Å². The molecule has 6 heteroatoms. The van der Waals surface area contributed by atoms with Crippen molar-refractivity contribution in [1.29, 1.82) is 0 Å². The molecular weight excluding hydrogens is 350 g/mol. The monoisotopic (exact) mass is 371 g/mol. The van der Waals surface area contributed by atoms with Gasteiger partial charge in [0.2, 0.25) is 5.91 Å². The summed E-state index contributed by atoms with van der Waals surface area (Å²) in [7, 11) is 0. The summed E-state index contributed by atoms with van der Waals surface area (Å²) in [5, 5.41) is 15.6. The zero-order valence-corrected chi connectivity index (χ0v) is 15.7. The van der Waals surface area contributed by atoms with Gasteiger partial charge in [0, 0.05) is 17.7 Å². The summed E-state index contributed by atoms with van der Waals surface area (Å²) < 4.78 is 1.72. The van der Waals surface area contributed by atoms with Gasteiger partial charge in [0.15, 0.2) is 11.5 Å². The normalized spacial score (nSPS) is 10.9. The van der Waals surface area contributed by atoms with Crippen LogP contribution in [0.3, 0.4) is 0 Å². The van der Waals surface area contributed by atoms with Gasteiger partial charge >= 0.3 is 0 Å². The second kappa shape index (κ2) is 8.00. The summed E-state index contributed by atoms with van der Waals surface area (Å²) in [5.74, 6) is 0.777. The van der Waals surface area contributed by atoms with Crippen molar-refractivity contribution >= 4 is 17.2 Å². The van der Waals surface area contributed by atoms with Gasteiger partial charge in [0.05, 0.1) is 5.69 Å². The Bertz CT molecular complexity index is 1090. The van der Waals surface area contributed by atoms with E-state index >= 15 is 0 Å². The van der Waals surface area contributed by atoms with Crippen molar-refractivity contribution < 1.29 is 4.79 Å². The molecule has 2 aromatic carbocycles. The molecule has 4 aromatic rings. The number of hydrogen-bond acceptors (Lipinski definition) is 4. The molecule has 28 heavy (non-hydrogen) atoms. The SMILES string of the molecule is Cc1nnc2ccc(-c3ccc(NC(=O)CCCc4ccccc4)cc3)nn12. The molecule has 0 radical (unpaired) electrons. The molecule has 0 spiro atoms. The second-order valence-electron chi connectivity index (χ2n) is 6.70. The fourth-order valence-corrected chi connectivity index (χ4v) is 3.10. The Morgan fingerprint density at radius 1 is 0.964 bits per heavy atom. The molecule has 0 atom stereocenters. The van der Waals surface area contributed by atoms with Crippen molar-refractivity contribution in [3.8, 4) is 11.3 Å². The molecule has 0 aliphatic rings. The van der Waals surface area contributed by atoms with E-state index in [1.165, 1.54) is 5.56 Å². The molecule has 0 saturated carbocycles. The van der Waals surface area contributed by atoms with E-state index in [-0.39, 0.29) is 5.91 Å². The minimum atomic E-state index is 0.0309. The fourth-order valence-electron chi connectivity index (χ4n) is 3.10. The zero-order valence-electron chi connectivity index (χ0n) is 15.7. The van der Waals surface area contributed by atoms with Gasteiger partial charge in [-0.3, -0.25) is 4.79 Å². The van der Waals surface area contributed by atoms with E-state index in [0.29, 0.717) is 6.42 Å². The highest BCUT2D eigenvalue weighted by Gasteiger charge is 2.07. The predicted molar refractivity (Wildman–Crippen MR) is 109 cm³/mol. The van der Waals surface area contributed by atoms with Crippen molar-refractivity contribution in [2.24, 2.45) is 0 Å². The fraction of sp³-hybridized carbons (Fsp3) is 0.182. The second-order valence-corrected chi connectivity index (χ2v) is 6.70. The average molecular weight is 371 g/mol. The molecule has 4 rings (SSSR count). The third-order valence-corrected chi connectivity index (χ3v) is 4.60. The molecular formula is C22H21N5O. The summed E-state index contributed by atoms with van der Waals surface area (Å²) in [6.45, 7) is 1.87. The molecule has 0 aliphatic heterocycles. The number of carbonyl (C=O) groups is 1. The van der Waals surface area contributed by atoms with Gasteiger partial charge in [-0.05, 0) is 49.6 Å². The van der Waals surface area contributed by atoms with E-state index < -0.39 is 0 Å². The van der Waals surface area contributed by atoms with Gasteiger partial charge in [0.25, 0.3) is 0 Å². The Morgan fingerprint density at radius 2 is 1.75 bits per heavy atom. The van der Waals surface area contributed by atoms with Crippen LogP contribution in [0.1, 0.15) is 24.2 Å². The summed E-state index contributed by atoms with van der Waals surface area (Å²) in [5.41, 5.74) is 4.57. The smallest absolute Gasteiger partial charge is 0.224 e. The molecule has 1 N–H and O–H groups in total. The maximum absolute atomic E-state index is 12.2. The van der Waals surface area contributed by atoms with Crippen molar-refractivity contribution in [2.45, 2.75) is 26.2 Å². The van der Waals surface area contributed by atoms with Crippen LogP contribution in [0.15, 0.2) is 66.7 Å². The quantitative estimate of drug-likeness (QED) is 0.555. The Morgan fingerprint density at radius 3 is 2.54 bits per heavy atom. The highest BCUT2D eigenvalue weighted by Crippen LogP contribution is 2.20.